The maximum atomic E-state index is 12.4. The van der Waals surface area contributed by atoms with Crippen molar-refractivity contribution in [3.8, 4) is 17.2 Å². The Morgan fingerprint density at radius 3 is 1.96 bits per heavy atom. The van der Waals surface area contributed by atoms with E-state index in [9.17, 15) is 4.79 Å². The number of amides is 2. The number of hydrogen-bond acceptors (Lipinski definition) is 4. The number of ether oxygens (including phenoxy) is 3. The fourth-order valence-corrected chi connectivity index (χ4v) is 2.53. The average Bonchev–Trinajstić information content (AvgIpc) is 2.60. The van der Waals surface area contributed by atoms with E-state index in [0.717, 1.165) is 5.56 Å². The molecular formula is C19H24N2O4. The van der Waals surface area contributed by atoms with Crippen molar-refractivity contribution in [3.63, 3.8) is 0 Å². The molecule has 2 aromatic rings. The standard InChI is InChI=1S/C19H24N2O4/c1-19(2,13-9-7-6-8-10-13)21-18(22)20-14-11-15(23-3)17(25-5)16(12-14)24-4/h6-12H,1-5H3,(H2,20,21,22). The van der Waals surface area contributed by atoms with Crippen LogP contribution in [0.4, 0.5) is 10.5 Å². The van der Waals surface area contributed by atoms with Crippen LogP contribution in [0, 0.1) is 0 Å². The summed E-state index contributed by atoms with van der Waals surface area (Å²) in [4.78, 5) is 12.4. The summed E-state index contributed by atoms with van der Waals surface area (Å²) in [6, 6.07) is 12.8. The van der Waals surface area contributed by atoms with Crippen LogP contribution in [0.3, 0.4) is 0 Å². The molecule has 2 N–H and O–H groups in total. The minimum atomic E-state index is -0.522. The van der Waals surface area contributed by atoms with Crippen LogP contribution in [0.2, 0.25) is 0 Å². The van der Waals surface area contributed by atoms with Crippen molar-refractivity contribution in [1.29, 1.82) is 0 Å². The smallest absolute Gasteiger partial charge is 0.319 e. The first-order valence-electron chi connectivity index (χ1n) is 7.86. The van der Waals surface area contributed by atoms with Gasteiger partial charge in [0.05, 0.1) is 32.6 Å². The van der Waals surface area contributed by atoms with E-state index in [0.29, 0.717) is 22.9 Å². The average molecular weight is 344 g/mol. The molecule has 0 aliphatic carbocycles. The molecule has 0 aromatic heterocycles. The zero-order valence-corrected chi connectivity index (χ0v) is 15.2. The zero-order valence-electron chi connectivity index (χ0n) is 15.2. The Kier molecular flexibility index (Phi) is 5.75. The van der Waals surface area contributed by atoms with Crippen LogP contribution < -0.4 is 24.8 Å². The number of benzene rings is 2. The molecule has 134 valence electrons. The summed E-state index contributed by atoms with van der Waals surface area (Å²) in [6.45, 7) is 3.88. The van der Waals surface area contributed by atoms with E-state index in [-0.39, 0.29) is 6.03 Å². The lowest BCUT2D eigenvalue weighted by molar-refractivity contribution is 0.242. The molecule has 0 aliphatic rings. The molecule has 25 heavy (non-hydrogen) atoms. The van der Waals surface area contributed by atoms with E-state index < -0.39 is 5.54 Å². The third-order valence-electron chi connectivity index (χ3n) is 3.84. The number of hydrogen-bond donors (Lipinski definition) is 2. The second-order valence-electron chi connectivity index (χ2n) is 5.98. The quantitative estimate of drug-likeness (QED) is 0.837. The summed E-state index contributed by atoms with van der Waals surface area (Å²) in [5.74, 6) is 1.42. The second-order valence-corrected chi connectivity index (χ2v) is 5.98. The lowest BCUT2D eigenvalue weighted by Crippen LogP contribution is -2.43. The summed E-state index contributed by atoms with van der Waals surface area (Å²) < 4.78 is 15.9. The van der Waals surface area contributed by atoms with Gasteiger partial charge in [0.15, 0.2) is 11.5 Å². The predicted molar refractivity (Wildman–Crippen MR) is 97.7 cm³/mol. The Hall–Kier alpha value is -2.89. The van der Waals surface area contributed by atoms with Crippen LogP contribution in [0.15, 0.2) is 42.5 Å². The molecule has 0 radical (unpaired) electrons. The monoisotopic (exact) mass is 344 g/mol. The van der Waals surface area contributed by atoms with Crippen molar-refractivity contribution in [2.45, 2.75) is 19.4 Å². The number of urea groups is 1. The third kappa shape index (κ3) is 4.35. The van der Waals surface area contributed by atoms with Crippen LogP contribution >= 0.6 is 0 Å². The number of anilines is 1. The first kappa shape index (κ1) is 18.4. The van der Waals surface area contributed by atoms with Gasteiger partial charge in [-0.05, 0) is 19.4 Å². The number of methoxy groups -OCH3 is 3. The van der Waals surface area contributed by atoms with Crippen LogP contribution in [-0.4, -0.2) is 27.4 Å². The van der Waals surface area contributed by atoms with Crippen molar-refractivity contribution < 1.29 is 19.0 Å². The van der Waals surface area contributed by atoms with Gasteiger partial charge in [-0.15, -0.1) is 0 Å². The molecular weight excluding hydrogens is 320 g/mol. The van der Waals surface area contributed by atoms with E-state index in [1.165, 1.54) is 21.3 Å². The molecule has 0 saturated heterocycles. The Bertz CT molecular complexity index is 704. The van der Waals surface area contributed by atoms with Crippen molar-refractivity contribution in [3.05, 3.63) is 48.0 Å². The van der Waals surface area contributed by atoms with Crippen molar-refractivity contribution in [1.82, 2.24) is 5.32 Å². The predicted octanol–water partition coefficient (Wildman–Crippen LogP) is 3.77. The fraction of sp³-hybridized carbons (Fsp3) is 0.316. The number of carbonyl (C=O) groups is 1. The van der Waals surface area contributed by atoms with Gasteiger partial charge < -0.3 is 24.8 Å². The van der Waals surface area contributed by atoms with Crippen molar-refractivity contribution >= 4 is 11.7 Å². The SMILES string of the molecule is COc1cc(NC(=O)NC(C)(C)c2ccccc2)cc(OC)c1OC. The van der Waals surface area contributed by atoms with E-state index >= 15 is 0 Å². The number of nitrogens with one attached hydrogen (secondary N) is 2. The fourth-order valence-electron chi connectivity index (χ4n) is 2.53. The highest BCUT2D eigenvalue weighted by Gasteiger charge is 2.23. The first-order chi connectivity index (χ1) is 11.9. The molecule has 0 aliphatic heterocycles. The van der Waals surface area contributed by atoms with E-state index in [1.54, 1.807) is 12.1 Å². The van der Waals surface area contributed by atoms with Gasteiger partial charge in [0.25, 0.3) is 0 Å². The molecule has 2 amide bonds. The normalized spacial score (nSPS) is 10.8. The highest BCUT2D eigenvalue weighted by atomic mass is 16.5. The molecule has 0 fully saturated rings. The maximum absolute atomic E-state index is 12.4. The van der Waals surface area contributed by atoms with Crippen molar-refractivity contribution in [2.75, 3.05) is 26.6 Å². The molecule has 0 heterocycles. The molecule has 0 saturated carbocycles. The number of rotatable bonds is 6. The third-order valence-corrected chi connectivity index (χ3v) is 3.84. The molecule has 0 bridgehead atoms. The highest BCUT2D eigenvalue weighted by Crippen LogP contribution is 2.39. The van der Waals surface area contributed by atoms with Gasteiger partial charge in [0.2, 0.25) is 5.75 Å². The van der Waals surface area contributed by atoms with Gasteiger partial charge in [-0.25, -0.2) is 4.79 Å². The Morgan fingerprint density at radius 2 is 1.48 bits per heavy atom. The van der Waals surface area contributed by atoms with Crippen molar-refractivity contribution in [2.24, 2.45) is 0 Å². The summed E-state index contributed by atoms with van der Waals surface area (Å²) >= 11 is 0. The summed E-state index contributed by atoms with van der Waals surface area (Å²) in [7, 11) is 4.59. The van der Waals surface area contributed by atoms with E-state index in [2.05, 4.69) is 10.6 Å². The Labute approximate surface area is 148 Å². The van der Waals surface area contributed by atoms with E-state index in [1.807, 2.05) is 44.2 Å². The molecule has 6 heteroatoms. The molecule has 2 aromatic carbocycles. The Morgan fingerprint density at radius 1 is 0.920 bits per heavy atom. The van der Waals surface area contributed by atoms with Gasteiger partial charge in [-0.3, -0.25) is 0 Å². The lowest BCUT2D eigenvalue weighted by atomic mass is 9.95. The van der Waals surface area contributed by atoms with Crippen LogP contribution in [-0.2, 0) is 5.54 Å². The maximum Gasteiger partial charge on any atom is 0.319 e. The van der Waals surface area contributed by atoms with Crippen LogP contribution in [0.5, 0.6) is 17.2 Å². The zero-order chi connectivity index (χ0) is 18.4. The van der Waals surface area contributed by atoms with Gasteiger partial charge >= 0.3 is 6.03 Å². The molecule has 6 nitrogen and oxygen atoms in total. The molecule has 0 unspecified atom stereocenters. The molecule has 2 rings (SSSR count). The largest absolute Gasteiger partial charge is 0.493 e. The lowest BCUT2D eigenvalue weighted by Gasteiger charge is -2.27. The summed E-state index contributed by atoms with van der Waals surface area (Å²) in [6.07, 6.45) is 0. The second kappa shape index (κ2) is 7.79. The van der Waals surface area contributed by atoms with Gasteiger partial charge in [-0.1, -0.05) is 30.3 Å². The van der Waals surface area contributed by atoms with Gasteiger partial charge in [0.1, 0.15) is 0 Å². The van der Waals surface area contributed by atoms with Crippen LogP contribution in [0.25, 0.3) is 0 Å². The summed E-state index contributed by atoms with van der Waals surface area (Å²) in [5, 5.41) is 5.76. The number of carbonyl (C=O) groups excluding carboxylic acids is 1. The van der Waals surface area contributed by atoms with E-state index in [4.69, 9.17) is 14.2 Å². The van der Waals surface area contributed by atoms with Gasteiger partial charge in [0, 0.05) is 12.1 Å². The van der Waals surface area contributed by atoms with Gasteiger partial charge in [-0.2, -0.15) is 0 Å². The first-order valence-corrected chi connectivity index (χ1v) is 7.86. The molecule has 0 atom stereocenters. The van der Waals surface area contributed by atoms with Crippen LogP contribution in [0.1, 0.15) is 19.4 Å². The summed E-state index contributed by atoms with van der Waals surface area (Å²) in [5.41, 5.74) is 1.03. The minimum Gasteiger partial charge on any atom is -0.493 e. The Balaban J connectivity index is 2.18. The topological polar surface area (TPSA) is 68.8 Å². The minimum absolute atomic E-state index is 0.330. The molecule has 0 spiro atoms. The highest BCUT2D eigenvalue weighted by molar-refractivity contribution is 5.90.